The van der Waals surface area contributed by atoms with Gasteiger partial charge in [0.2, 0.25) is 11.8 Å². The summed E-state index contributed by atoms with van der Waals surface area (Å²) in [7, 11) is 0. The lowest BCUT2D eigenvalue weighted by molar-refractivity contribution is -0.388. The van der Waals surface area contributed by atoms with Crippen LogP contribution in [-0.2, 0) is 15.8 Å². The topological polar surface area (TPSA) is 101 Å². The molecule has 0 heterocycles. The van der Waals surface area contributed by atoms with Crippen LogP contribution in [0.2, 0.25) is 0 Å². The first kappa shape index (κ1) is 22.2. The minimum absolute atomic E-state index is 0.0538. The number of anilines is 2. The molecule has 0 atom stereocenters. The first-order valence-electron chi connectivity index (χ1n) is 8.14. The highest BCUT2D eigenvalue weighted by molar-refractivity contribution is 8.00. The van der Waals surface area contributed by atoms with Gasteiger partial charge in [-0.3, -0.25) is 19.7 Å². The van der Waals surface area contributed by atoms with E-state index in [1.807, 2.05) is 0 Å². The summed E-state index contributed by atoms with van der Waals surface area (Å²) < 4.78 is 38.2. The zero-order chi connectivity index (χ0) is 21.8. The number of nitro benzene ring substituents is 1. The number of nitrogens with zero attached hydrogens (tertiary/aromatic N) is 1. The molecule has 7 nitrogen and oxygen atoms in total. The number of thioether (sulfide) groups is 1. The van der Waals surface area contributed by atoms with Crippen LogP contribution in [0, 0.1) is 17.0 Å². The van der Waals surface area contributed by atoms with E-state index < -0.39 is 28.3 Å². The number of carbonyl (C=O) groups excluding carboxylic acids is 2. The first-order chi connectivity index (χ1) is 13.5. The fourth-order valence-corrected chi connectivity index (χ4v) is 3.19. The number of nitro groups is 1. The second-order valence-corrected chi connectivity index (χ2v) is 6.95. The maximum atomic E-state index is 12.7. The Balaban J connectivity index is 2.12. The number of alkyl halides is 3. The summed E-state index contributed by atoms with van der Waals surface area (Å²) in [6.45, 7) is 3.03. The number of halogens is 3. The van der Waals surface area contributed by atoms with Crippen molar-refractivity contribution in [3.63, 3.8) is 0 Å². The van der Waals surface area contributed by atoms with Crippen molar-refractivity contribution in [2.45, 2.75) is 24.9 Å². The standard InChI is InChI=1S/C18H16F3N3O4S/c1-10-13(22-11(2)25)4-3-5-14(10)23-17(26)9-29-16-7-6-12(18(19,20)21)8-15(16)24(27)28/h3-8H,9H2,1-2H3,(H,22,25)(H,23,26). The van der Waals surface area contributed by atoms with Crippen LogP contribution in [0.15, 0.2) is 41.3 Å². The van der Waals surface area contributed by atoms with Gasteiger partial charge in [-0.05, 0) is 36.8 Å². The Labute approximate surface area is 167 Å². The van der Waals surface area contributed by atoms with Gasteiger partial charge < -0.3 is 10.6 Å². The molecule has 11 heteroatoms. The van der Waals surface area contributed by atoms with E-state index in [9.17, 15) is 32.9 Å². The predicted molar refractivity (Wildman–Crippen MR) is 103 cm³/mol. The Bertz CT molecular complexity index is 964. The molecular formula is C18H16F3N3O4S. The van der Waals surface area contributed by atoms with Gasteiger partial charge in [0.1, 0.15) is 0 Å². The fourth-order valence-electron chi connectivity index (χ4n) is 2.38. The van der Waals surface area contributed by atoms with Crippen molar-refractivity contribution in [3.8, 4) is 0 Å². The van der Waals surface area contributed by atoms with Gasteiger partial charge in [-0.1, -0.05) is 6.07 Å². The van der Waals surface area contributed by atoms with Crippen molar-refractivity contribution in [2.24, 2.45) is 0 Å². The van der Waals surface area contributed by atoms with Crippen molar-refractivity contribution in [1.82, 2.24) is 0 Å². The highest BCUT2D eigenvalue weighted by Gasteiger charge is 2.33. The molecular weight excluding hydrogens is 411 g/mol. The molecule has 2 rings (SSSR count). The van der Waals surface area contributed by atoms with E-state index in [1.165, 1.54) is 6.92 Å². The van der Waals surface area contributed by atoms with Gasteiger partial charge in [-0.25, -0.2) is 0 Å². The van der Waals surface area contributed by atoms with Gasteiger partial charge in [0.15, 0.2) is 0 Å². The summed E-state index contributed by atoms with van der Waals surface area (Å²) >= 11 is 0.752. The van der Waals surface area contributed by atoms with Gasteiger partial charge in [0.25, 0.3) is 5.69 Å². The summed E-state index contributed by atoms with van der Waals surface area (Å²) in [6, 6.07) is 7.05. The molecule has 2 amide bonds. The maximum Gasteiger partial charge on any atom is 0.416 e. The van der Waals surface area contributed by atoms with E-state index >= 15 is 0 Å². The van der Waals surface area contributed by atoms with Crippen molar-refractivity contribution in [1.29, 1.82) is 0 Å². The molecule has 29 heavy (non-hydrogen) atoms. The first-order valence-corrected chi connectivity index (χ1v) is 9.13. The maximum absolute atomic E-state index is 12.7. The van der Waals surface area contributed by atoms with Gasteiger partial charge in [-0.15, -0.1) is 11.8 Å². The average molecular weight is 427 g/mol. The summed E-state index contributed by atoms with van der Waals surface area (Å²) in [4.78, 5) is 33.5. The highest BCUT2D eigenvalue weighted by atomic mass is 32.2. The van der Waals surface area contributed by atoms with Crippen molar-refractivity contribution in [2.75, 3.05) is 16.4 Å². The molecule has 0 radical (unpaired) electrons. The van der Waals surface area contributed by atoms with Gasteiger partial charge in [-0.2, -0.15) is 13.2 Å². The number of hydrogen-bond donors (Lipinski definition) is 2. The number of benzene rings is 2. The number of amides is 2. The molecule has 154 valence electrons. The quantitative estimate of drug-likeness (QED) is 0.398. The molecule has 0 unspecified atom stereocenters. The Hall–Kier alpha value is -3.08. The Morgan fingerprint density at radius 1 is 1.14 bits per heavy atom. The summed E-state index contributed by atoms with van der Waals surface area (Å²) in [6.07, 6.45) is -4.71. The van der Waals surface area contributed by atoms with Crippen LogP contribution in [0.5, 0.6) is 0 Å². The van der Waals surface area contributed by atoms with Crippen LogP contribution in [0.1, 0.15) is 18.1 Å². The van der Waals surface area contributed by atoms with E-state index in [4.69, 9.17) is 0 Å². The van der Waals surface area contributed by atoms with Crippen LogP contribution in [0.3, 0.4) is 0 Å². The SMILES string of the molecule is CC(=O)Nc1cccc(NC(=O)CSc2ccc(C(F)(F)F)cc2[N+](=O)[O-])c1C. The number of rotatable bonds is 6. The third-order valence-electron chi connectivity index (χ3n) is 3.76. The van der Waals surface area contributed by atoms with Crippen LogP contribution < -0.4 is 10.6 Å². The summed E-state index contributed by atoms with van der Waals surface area (Å²) in [5.74, 6) is -1.04. The predicted octanol–water partition coefficient (Wildman–Crippen LogP) is 4.61. The van der Waals surface area contributed by atoms with Gasteiger partial charge in [0, 0.05) is 24.4 Å². The van der Waals surface area contributed by atoms with Crippen LogP contribution in [0.25, 0.3) is 0 Å². The zero-order valence-corrected chi connectivity index (χ0v) is 16.1. The second-order valence-electron chi connectivity index (χ2n) is 5.93. The second kappa shape index (κ2) is 8.95. The summed E-state index contributed by atoms with van der Waals surface area (Å²) in [5.41, 5.74) is -0.295. The molecule has 0 aromatic heterocycles. The molecule has 0 bridgehead atoms. The molecule has 0 fully saturated rings. The lowest BCUT2D eigenvalue weighted by Gasteiger charge is -2.13. The van der Waals surface area contributed by atoms with Crippen LogP contribution >= 0.6 is 11.8 Å². The molecule has 0 saturated heterocycles. The third kappa shape index (κ3) is 5.95. The Morgan fingerprint density at radius 2 is 1.76 bits per heavy atom. The largest absolute Gasteiger partial charge is 0.416 e. The molecule has 2 N–H and O–H groups in total. The molecule has 0 saturated carbocycles. The Morgan fingerprint density at radius 3 is 2.31 bits per heavy atom. The smallest absolute Gasteiger partial charge is 0.326 e. The zero-order valence-electron chi connectivity index (χ0n) is 15.3. The molecule has 0 spiro atoms. The molecule has 0 aliphatic heterocycles. The monoisotopic (exact) mass is 427 g/mol. The van der Waals surface area contributed by atoms with E-state index in [0.717, 1.165) is 23.9 Å². The fraction of sp³-hybridized carbons (Fsp3) is 0.222. The average Bonchev–Trinajstić information content (AvgIpc) is 2.62. The molecule has 2 aromatic rings. The minimum Gasteiger partial charge on any atom is -0.326 e. The van der Waals surface area contributed by atoms with Crippen molar-refractivity contribution in [3.05, 3.63) is 57.6 Å². The number of nitrogens with one attached hydrogen (secondary N) is 2. The molecule has 2 aromatic carbocycles. The van der Waals surface area contributed by atoms with E-state index in [-0.39, 0.29) is 16.6 Å². The van der Waals surface area contributed by atoms with Crippen LogP contribution in [-0.4, -0.2) is 22.5 Å². The van der Waals surface area contributed by atoms with E-state index in [2.05, 4.69) is 10.6 Å². The minimum atomic E-state index is -4.71. The lowest BCUT2D eigenvalue weighted by Crippen LogP contribution is -2.16. The molecule has 0 aliphatic carbocycles. The number of carbonyl (C=O) groups is 2. The van der Waals surface area contributed by atoms with E-state index in [0.29, 0.717) is 23.0 Å². The lowest BCUT2D eigenvalue weighted by atomic mass is 10.1. The van der Waals surface area contributed by atoms with Crippen molar-refractivity contribution >= 4 is 40.6 Å². The van der Waals surface area contributed by atoms with Crippen molar-refractivity contribution < 1.29 is 27.7 Å². The Kier molecular flexibility index (Phi) is 6.85. The van der Waals surface area contributed by atoms with Crippen LogP contribution in [0.4, 0.5) is 30.2 Å². The normalized spacial score (nSPS) is 11.1. The third-order valence-corrected chi connectivity index (χ3v) is 4.82. The van der Waals surface area contributed by atoms with Gasteiger partial charge >= 0.3 is 6.18 Å². The summed E-state index contributed by atoms with van der Waals surface area (Å²) in [5, 5.41) is 16.3. The van der Waals surface area contributed by atoms with Gasteiger partial charge in [0.05, 0.1) is 21.1 Å². The number of hydrogen-bond acceptors (Lipinski definition) is 5. The van der Waals surface area contributed by atoms with E-state index in [1.54, 1.807) is 25.1 Å². The molecule has 0 aliphatic rings. The highest BCUT2D eigenvalue weighted by Crippen LogP contribution is 2.36.